The molecule has 1 aromatic carbocycles. The summed E-state index contributed by atoms with van der Waals surface area (Å²) >= 11 is 5.89. The summed E-state index contributed by atoms with van der Waals surface area (Å²) in [6, 6.07) is 10.1. The van der Waals surface area contributed by atoms with Crippen molar-refractivity contribution in [2.45, 2.75) is 0 Å². The predicted octanol–water partition coefficient (Wildman–Crippen LogP) is 2.60. The summed E-state index contributed by atoms with van der Waals surface area (Å²) in [5, 5.41) is 4.23. The van der Waals surface area contributed by atoms with Gasteiger partial charge in [-0.2, -0.15) is 5.10 Å². The van der Waals surface area contributed by atoms with Gasteiger partial charge in [-0.25, -0.2) is 10.2 Å². The highest BCUT2D eigenvalue weighted by atomic mass is 35.5. The first kappa shape index (κ1) is 12.2. The van der Waals surface area contributed by atoms with Crippen molar-refractivity contribution in [3.05, 3.63) is 47.2 Å². The van der Waals surface area contributed by atoms with Gasteiger partial charge < -0.3 is 10.2 Å². The highest BCUT2D eigenvalue weighted by molar-refractivity contribution is 6.30. The molecule has 0 radical (unpaired) electrons. The Balaban J connectivity index is 2.15. The zero-order chi connectivity index (χ0) is 13.0. The van der Waals surface area contributed by atoms with Crippen molar-refractivity contribution in [3.8, 4) is 11.3 Å². The van der Waals surface area contributed by atoms with Crippen LogP contribution in [0.3, 0.4) is 0 Å². The van der Waals surface area contributed by atoms with Gasteiger partial charge in [0.1, 0.15) is 11.5 Å². The predicted molar refractivity (Wildman–Crippen MR) is 69.5 cm³/mol. The Bertz CT molecular complexity index is 593. The fourth-order valence-electron chi connectivity index (χ4n) is 1.38. The monoisotopic (exact) mass is 263 g/mol. The molecule has 0 atom stereocenters. The van der Waals surface area contributed by atoms with E-state index in [4.69, 9.17) is 21.8 Å². The summed E-state index contributed by atoms with van der Waals surface area (Å²) in [7, 11) is 0. The normalized spacial score (nSPS) is 10.7. The molecule has 2 rings (SSSR count). The summed E-state index contributed by atoms with van der Waals surface area (Å²) < 4.78 is 5.51. The highest BCUT2D eigenvalue weighted by Gasteiger charge is 2.03. The first-order valence-corrected chi connectivity index (χ1v) is 5.47. The van der Waals surface area contributed by atoms with Gasteiger partial charge in [0, 0.05) is 10.6 Å². The average Bonchev–Trinajstić information content (AvgIpc) is 2.77. The van der Waals surface area contributed by atoms with Crippen LogP contribution in [-0.4, -0.2) is 12.2 Å². The number of hydrogen-bond acceptors (Lipinski definition) is 3. The van der Waals surface area contributed by atoms with Gasteiger partial charge in [0.05, 0.1) is 6.21 Å². The molecule has 0 fully saturated rings. The molecule has 3 N–H and O–H groups in total. The Labute approximate surface area is 108 Å². The number of primary amides is 1. The van der Waals surface area contributed by atoms with Crippen LogP contribution in [0.5, 0.6) is 0 Å². The van der Waals surface area contributed by atoms with Crippen molar-refractivity contribution in [2.75, 3.05) is 0 Å². The van der Waals surface area contributed by atoms with E-state index in [1.54, 1.807) is 24.3 Å². The minimum atomic E-state index is -0.729. The van der Waals surface area contributed by atoms with Crippen molar-refractivity contribution >= 4 is 23.8 Å². The fraction of sp³-hybridized carbons (Fsp3) is 0. The maximum Gasteiger partial charge on any atom is 0.332 e. The molecule has 18 heavy (non-hydrogen) atoms. The van der Waals surface area contributed by atoms with Crippen LogP contribution in [0.15, 0.2) is 45.9 Å². The number of nitrogens with two attached hydrogens (primary N) is 1. The SMILES string of the molecule is NC(=O)N/N=C\c1ccc(-c2cccc(Cl)c2)o1. The molecule has 0 unspecified atom stereocenters. The highest BCUT2D eigenvalue weighted by Crippen LogP contribution is 2.24. The van der Waals surface area contributed by atoms with Gasteiger partial charge in [0.25, 0.3) is 0 Å². The first-order valence-electron chi connectivity index (χ1n) is 5.09. The van der Waals surface area contributed by atoms with Gasteiger partial charge in [-0.05, 0) is 24.3 Å². The van der Waals surface area contributed by atoms with Crippen LogP contribution in [0.25, 0.3) is 11.3 Å². The molecule has 92 valence electrons. The molecule has 1 aromatic heterocycles. The van der Waals surface area contributed by atoms with E-state index in [9.17, 15) is 4.79 Å². The zero-order valence-electron chi connectivity index (χ0n) is 9.26. The molecule has 0 saturated heterocycles. The van der Waals surface area contributed by atoms with E-state index in [1.807, 2.05) is 12.1 Å². The quantitative estimate of drug-likeness (QED) is 0.659. The van der Waals surface area contributed by atoms with Gasteiger partial charge in [0.2, 0.25) is 0 Å². The van der Waals surface area contributed by atoms with E-state index in [1.165, 1.54) is 6.21 Å². The molecule has 5 nitrogen and oxygen atoms in total. The molecule has 2 aromatic rings. The lowest BCUT2D eigenvalue weighted by molar-refractivity contribution is 0.249. The molecular formula is C12H10ClN3O2. The summed E-state index contributed by atoms with van der Waals surface area (Å²) in [4.78, 5) is 10.4. The Hall–Kier alpha value is -2.27. The minimum Gasteiger partial charge on any atom is -0.455 e. The second kappa shape index (κ2) is 5.37. The maximum absolute atomic E-state index is 10.4. The molecule has 1 heterocycles. The summed E-state index contributed by atoms with van der Waals surface area (Å²) in [5.41, 5.74) is 7.81. The lowest BCUT2D eigenvalue weighted by Gasteiger charge is -1.96. The number of urea groups is 1. The number of nitrogens with zero attached hydrogens (tertiary/aromatic N) is 1. The molecule has 6 heteroatoms. The molecule has 2 amide bonds. The lowest BCUT2D eigenvalue weighted by Crippen LogP contribution is -2.24. The first-order chi connectivity index (χ1) is 8.65. The standard InChI is InChI=1S/C12H10ClN3O2/c13-9-3-1-2-8(6-9)11-5-4-10(18-11)7-15-16-12(14)17/h1-7H,(H3,14,16,17)/b15-7-. The number of benzene rings is 1. The van der Waals surface area contributed by atoms with E-state index in [0.717, 1.165) is 5.56 Å². The van der Waals surface area contributed by atoms with E-state index in [2.05, 4.69) is 10.5 Å². The molecule has 0 aliphatic carbocycles. The average molecular weight is 264 g/mol. The van der Waals surface area contributed by atoms with Crippen LogP contribution < -0.4 is 11.2 Å². The number of furan rings is 1. The van der Waals surface area contributed by atoms with E-state index in [-0.39, 0.29) is 0 Å². The number of hydrogen-bond donors (Lipinski definition) is 2. The van der Waals surface area contributed by atoms with E-state index in [0.29, 0.717) is 16.5 Å². The number of carbonyl (C=O) groups is 1. The third-order valence-corrected chi connectivity index (χ3v) is 2.34. The number of halogens is 1. The maximum atomic E-state index is 10.4. The van der Waals surface area contributed by atoms with Gasteiger partial charge >= 0.3 is 6.03 Å². The van der Waals surface area contributed by atoms with Crippen LogP contribution >= 0.6 is 11.6 Å². The molecule has 0 aliphatic heterocycles. The topological polar surface area (TPSA) is 80.6 Å². The lowest BCUT2D eigenvalue weighted by atomic mass is 10.2. The van der Waals surface area contributed by atoms with E-state index < -0.39 is 6.03 Å². The van der Waals surface area contributed by atoms with Crippen molar-refractivity contribution in [1.82, 2.24) is 5.43 Å². The molecule has 0 spiro atoms. The molecule has 0 bridgehead atoms. The minimum absolute atomic E-state index is 0.499. The van der Waals surface area contributed by atoms with Crippen LogP contribution in [0.4, 0.5) is 4.79 Å². The summed E-state index contributed by atoms with van der Waals surface area (Å²) in [6.45, 7) is 0. The number of carbonyl (C=O) groups excluding carboxylic acids is 1. The number of nitrogens with one attached hydrogen (secondary N) is 1. The van der Waals surface area contributed by atoms with Crippen LogP contribution in [0, 0.1) is 0 Å². The molecular weight excluding hydrogens is 254 g/mol. The van der Waals surface area contributed by atoms with Crippen molar-refractivity contribution in [3.63, 3.8) is 0 Å². The van der Waals surface area contributed by atoms with Crippen LogP contribution in [0.1, 0.15) is 5.76 Å². The third kappa shape index (κ3) is 3.11. The summed E-state index contributed by atoms with van der Waals surface area (Å²) in [6.07, 6.45) is 1.36. The Morgan fingerprint density at radius 2 is 2.22 bits per heavy atom. The fourth-order valence-corrected chi connectivity index (χ4v) is 1.57. The Morgan fingerprint density at radius 3 is 2.94 bits per heavy atom. The van der Waals surface area contributed by atoms with E-state index >= 15 is 0 Å². The second-order valence-electron chi connectivity index (χ2n) is 3.45. The number of amides is 2. The molecule has 0 saturated carbocycles. The largest absolute Gasteiger partial charge is 0.455 e. The molecule has 0 aliphatic rings. The smallest absolute Gasteiger partial charge is 0.332 e. The third-order valence-electron chi connectivity index (χ3n) is 2.10. The summed E-state index contributed by atoms with van der Waals surface area (Å²) in [5.74, 6) is 1.16. The van der Waals surface area contributed by atoms with Crippen molar-refractivity contribution < 1.29 is 9.21 Å². The van der Waals surface area contributed by atoms with Crippen LogP contribution in [-0.2, 0) is 0 Å². The second-order valence-corrected chi connectivity index (χ2v) is 3.88. The van der Waals surface area contributed by atoms with Gasteiger partial charge in [-0.3, -0.25) is 0 Å². The number of hydrazone groups is 1. The Kier molecular flexibility index (Phi) is 3.64. The van der Waals surface area contributed by atoms with Crippen LogP contribution in [0.2, 0.25) is 5.02 Å². The zero-order valence-corrected chi connectivity index (χ0v) is 10.0. The van der Waals surface area contributed by atoms with Crippen molar-refractivity contribution in [2.24, 2.45) is 10.8 Å². The van der Waals surface area contributed by atoms with Gasteiger partial charge in [-0.15, -0.1) is 0 Å². The van der Waals surface area contributed by atoms with Crippen molar-refractivity contribution in [1.29, 1.82) is 0 Å². The Morgan fingerprint density at radius 1 is 1.39 bits per heavy atom. The van der Waals surface area contributed by atoms with Gasteiger partial charge in [-0.1, -0.05) is 23.7 Å². The van der Waals surface area contributed by atoms with Gasteiger partial charge in [0.15, 0.2) is 0 Å². The number of rotatable bonds is 3.